The highest BCUT2D eigenvalue weighted by atomic mass is 19.3. The van der Waals surface area contributed by atoms with E-state index in [1.165, 1.54) is 12.1 Å². The summed E-state index contributed by atoms with van der Waals surface area (Å²) in [5.41, 5.74) is 0.000200. The van der Waals surface area contributed by atoms with Crippen LogP contribution in [0.1, 0.15) is 10.4 Å². The summed E-state index contributed by atoms with van der Waals surface area (Å²) in [6.07, 6.45) is -3.04. The topological polar surface area (TPSA) is 57.5 Å². The van der Waals surface area contributed by atoms with Crippen molar-refractivity contribution in [2.75, 3.05) is 0 Å². The molecule has 0 spiro atoms. The Kier molecular flexibility index (Phi) is 3.32. The number of hydrogen-bond acceptors (Lipinski definition) is 3. The second kappa shape index (κ2) is 4.30. The number of carbonyl (C=O) groups is 1. The average molecular weight is 200 g/mol. The first-order valence-corrected chi connectivity index (χ1v) is 3.81. The number of carbonyl (C=O) groups excluding carboxylic acids is 1. The van der Waals surface area contributed by atoms with Crippen LogP contribution in [0.5, 0.6) is 0 Å². The fraction of sp³-hybridized carbons (Fsp3) is 0.125. The zero-order chi connectivity index (χ0) is 10.7. The maximum absolute atomic E-state index is 11.9. The Labute approximate surface area is 79.1 Å². The molecule has 0 radical (unpaired) electrons. The van der Waals surface area contributed by atoms with Crippen LogP contribution in [0.25, 0.3) is 0 Å². The van der Waals surface area contributed by atoms with Gasteiger partial charge in [0.1, 0.15) is 0 Å². The Morgan fingerprint density at radius 3 is 2.07 bits per heavy atom. The van der Waals surface area contributed by atoms with E-state index in [9.17, 15) is 13.6 Å². The Hall–Kier alpha value is -1.27. The van der Waals surface area contributed by atoms with E-state index in [0.717, 1.165) is 12.1 Å². The molecule has 0 aliphatic heterocycles. The van der Waals surface area contributed by atoms with Crippen molar-refractivity contribution in [2.24, 2.45) is 0 Å². The second-order valence-corrected chi connectivity index (χ2v) is 2.66. The summed E-state index contributed by atoms with van der Waals surface area (Å²) in [4.78, 5) is 10.8. The summed E-state index contributed by atoms with van der Waals surface area (Å²) in [7, 11) is -1.66. The molecule has 14 heavy (non-hydrogen) atoms. The number of benzene rings is 1. The minimum Gasteiger partial charge on any atom is -0.423 e. The first-order chi connectivity index (χ1) is 6.52. The van der Waals surface area contributed by atoms with E-state index in [4.69, 9.17) is 10.0 Å². The Balaban J connectivity index is 2.89. The third-order valence-electron chi connectivity index (χ3n) is 1.69. The molecule has 0 aliphatic carbocycles. The van der Waals surface area contributed by atoms with Gasteiger partial charge in [-0.1, -0.05) is 24.3 Å². The molecule has 0 atom stereocenters. The van der Waals surface area contributed by atoms with Gasteiger partial charge in [-0.2, -0.15) is 0 Å². The van der Waals surface area contributed by atoms with Crippen molar-refractivity contribution in [1.29, 1.82) is 0 Å². The molecule has 0 aliphatic rings. The fourth-order valence-electron chi connectivity index (χ4n) is 0.946. The van der Waals surface area contributed by atoms with Crippen LogP contribution in [0, 0.1) is 0 Å². The third-order valence-corrected chi connectivity index (χ3v) is 1.69. The lowest BCUT2D eigenvalue weighted by molar-refractivity contribution is 0.0679. The molecule has 0 fully saturated rings. The van der Waals surface area contributed by atoms with Gasteiger partial charge in [-0.15, -0.1) is 0 Å². The molecule has 0 heterocycles. The lowest BCUT2D eigenvalue weighted by Gasteiger charge is -2.01. The molecule has 1 aromatic rings. The van der Waals surface area contributed by atoms with Crippen molar-refractivity contribution in [2.45, 2.75) is 6.43 Å². The molecule has 0 unspecified atom stereocenters. The SMILES string of the molecule is O=C(c1ccc(B(O)O)cc1)C(F)F. The van der Waals surface area contributed by atoms with E-state index in [2.05, 4.69) is 0 Å². The summed E-state index contributed by atoms with van der Waals surface area (Å²) in [6.45, 7) is 0. The highest BCUT2D eigenvalue weighted by Gasteiger charge is 2.18. The molecule has 3 nitrogen and oxygen atoms in total. The van der Waals surface area contributed by atoms with Crippen LogP contribution in [0.4, 0.5) is 8.78 Å². The van der Waals surface area contributed by atoms with Crippen LogP contribution in [0.3, 0.4) is 0 Å². The first-order valence-electron chi connectivity index (χ1n) is 3.81. The molecule has 6 heteroatoms. The second-order valence-electron chi connectivity index (χ2n) is 2.66. The molecule has 0 bridgehead atoms. The maximum Gasteiger partial charge on any atom is 0.488 e. The van der Waals surface area contributed by atoms with E-state index >= 15 is 0 Å². The quantitative estimate of drug-likeness (QED) is 0.525. The highest BCUT2D eigenvalue weighted by Crippen LogP contribution is 2.06. The van der Waals surface area contributed by atoms with E-state index in [1.54, 1.807) is 0 Å². The summed E-state index contributed by atoms with van der Waals surface area (Å²) < 4.78 is 23.8. The summed E-state index contributed by atoms with van der Waals surface area (Å²) in [6, 6.07) is 4.67. The van der Waals surface area contributed by atoms with Gasteiger partial charge in [0.15, 0.2) is 0 Å². The molecule has 2 N–H and O–H groups in total. The van der Waals surface area contributed by atoms with Crippen molar-refractivity contribution in [1.82, 2.24) is 0 Å². The summed E-state index contributed by atoms with van der Waals surface area (Å²) in [5, 5.41) is 17.4. The van der Waals surface area contributed by atoms with Crippen molar-refractivity contribution in [3.8, 4) is 0 Å². The summed E-state index contributed by atoms with van der Waals surface area (Å²) >= 11 is 0. The predicted molar refractivity (Wildman–Crippen MR) is 46.6 cm³/mol. The summed E-state index contributed by atoms with van der Waals surface area (Å²) in [5.74, 6) is -1.27. The Bertz CT molecular complexity index is 324. The Morgan fingerprint density at radius 1 is 1.21 bits per heavy atom. The minimum absolute atomic E-state index is 0.149. The van der Waals surface area contributed by atoms with E-state index in [0.29, 0.717) is 0 Å². The number of ketones is 1. The van der Waals surface area contributed by atoms with Gasteiger partial charge in [-0.25, -0.2) is 8.78 Å². The van der Waals surface area contributed by atoms with Gasteiger partial charge in [-0.05, 0) is 5.46 Å². The molecule has 74 valence electrons. The number of alkyl halides is 2. The number of rotatable bonds is 3. The van der Waals surface area contributed by atoms with Gasteiger partial charge in [0, 0.05) is 5.56 Å². The van der Waals surface area contributed by atoms with Crippen LogP contribution in [-0.4, -0.2) is 29.4 Å². The van der Waals surface area contributed by atoms with Crippen LogP contribution < -0.4 is 5.46 Å². The third kappa shape index (κ3) is 2.37. The number of hydrogen-bond donors (Lipinski definition) is 2. The normalized spacial score (nSPS) is 10.4. The van der Waals surface area contributed by atoms with Crippen molar-refractivity contribution in [3.05, 3.63) is 29.8 Å². The molecule has 0 saturated carbocycles. The molecule has 1 aromatic carbocycles. The lowest BCUT2D eigenvalue weighted by Crippen LogP contribution is -2.29. The molecular weight excluding hydrogens is 193 g/mol. The van der Waals surface area contributed by atoms with Crippen molar-refractivity contribution in [3.63, 3.8) is 0 Å². The van der Waals surface area contributed by atoms with Gasteiger partial charge in [0.05, 0.1) is 0 Å². The molecule has 0 saturated heterocycles. The van der Waals surface area contributed by atoms with Crippen LogP contribution in [0.2, 0.25) is 0 Å². The number of Topliss-reactive ketones (excluding diaryl/α,β-unsaturated/α-hetero) is 1. The molecular formula is C8H7BF2O3. The monoisotopic (exact) mass is 200 g/mol. The highest BCUT2D eigenvalue weighted by molar-refractivity contribution is 6.58. The average Bonchev–Trinajstić information content (AvgIpc) is 2.16. The van der Waals surface area contributed by atoms with Crippen molar-refractivity contribution < 1.29 is 23.6 Å². The lowest BCUT2D eigenvalue weighted by atomic mass is 9.80. The van der Waals surface area contributed by atoms with Gasteiger partial charge < -0.3 is 10.0 Å². The van der Waals surface area contributed by atoms with E-state index in [1.807, 2.05) is 0 Å². The zero-order valence-corrected chi connectivity index (χ0v) is 7.02. The zero-order valence-electron chi connectivity index (χ0n) is 7.02. The standard InChI is InChI=1S/C8H7BF2O3/c10-8(11)7(12)5-1-3-6(4-2-5)9(13)14/h1-4,8,13-14H. The van der Waals surface area contributed by atoms with Gasteiger partial charge in [0.2, 0.25) is 5.78 Å². The van der Waals surface area contributed by atoms with E-state index in [-0.39, 0.29) is 11.0 Å². The molecule has 0 aromatic heterocycles. The van der Waals surface area contributed by atoms with Gasteiger partial charge in [0.25, 0.3) is 0 Å². The molecule has 0 amide bonds. The predicted octanol–water partition coefficient (Wildman–Crippen LogP) is -0.186. The van der Waals surface area contributed by atoms with Crippen LogP contribution in [-0.2, 0) is 0 Å². The largest absolute Gasteiger partial charge is 0.488 e. The fourth-order valence-corrected chi connectivity index (χ4v) is 0.946. The van der Waals surface area contributed by atoms with Crippen molar-refractivity contribution >= 4 is 18.4 Å². The van der Waals surface area contributed by atoms with Crippen LogP contribution >= 0.6 is 0 Å². The first kappa shape index (κ1) is 10.8. The van der Waals surface area contributed by atoms with E-state index < -0.39 is 19.3 Å². The van der Waals surface area contributed by atoms with Gasteiger partial charge in [-0.3, -0.25) is 4.79 Å². The van der Waals surface area contributed by atoms with Gasteiger partial charge >= 0.3 is 13.5 Å². The minimum atomic E-state index is -3.04. The Morgan fingerprint density at radius 2 is 1.71 bits per heavy atom. The molecule has 1 rings (SSSR count). The van der Waals surface area contributed by atoms with Crippen LogP contribution in [0.15, 0.2) is 24.3 Å². The maximum atomic E-state index is 11.9. The number of halogens is 2. The smallest absolute Gasteiger partial charge is 0.423 e.